The summed E-state index contributed by atoms with van der Waals surface area (Å²) >= 11 is 0. The maximum Gasteiger partial charge on any atom is 0.309 e. The Kier molecular flexibility index (Phi) is 3.69. The van der Waals surface area contributed by atoms with Gasteiger partial charge in [0.15, 0.2) is 0 Å². The number of carboxylic acids is 1. The molecule has 0 amide bonds. The second-order valence-electron chi connectivity index (χ2n) is 4.69. The van der Waals surface area contributed by atoms with Crippen LogP contribution < -0.4 is 0 Å². The van der Waals surface area contributed by atoms with Crippen LogP contribution in [0.4, 0.5) is 17.6 Å². The van der Waals surface area contributed by atoms with Crippen LogP contribution in [-0.2, 0) is 10.7 Å². The lowest BCUT2D eigenvalue weighted by Gasteiger charge is -2.26. The summed E-state index contributed by atoms with van der Waals surface area (Å²) < 4.78 is 53.4. The minimum Gasteiger partial charge on any atom is -0.481 e. The summed E-state index contributed by atoms with van der Waals surface area (Å²) in [7, 11) is 0. The van der Waals surface area contributed by atoms with Crippen LogP contribution in [0.15, 0.2) is 18.2 Å². The Morgan fingerprint density at radius 3 is 2.28 bits per heavy atom. The molecule has 100 valence electrons. The van der Waals surface area contributed by atoms with Crippen LogP contribution in [0.3, 0.4) is 0 Å². The molecule has 0 aliphatic carbocycles. The van der Waals surface area contributed by atoms with Gasteiger partial charge >= 0.3 is 5.97 Å². The van der Waals surface area contributed by atoms with Crippen LogP contribution in [0.1, 0.15) is 25.8 Å². The van der Waals surface area contributed by atoms with Crippen molar-refractivity contribution in [3.63, 3.8) is 0 Å². The molecule has 0 atom stereocenters. The van der Waals surface area contributed by atoms with Crippen molar-refractivity contribution < 1.29 is 27.5 Å². The minimum absolute atomic E-state index is 0.344. The van der Waals surface area contributed by atoms with E-state index >= 15 is 0 Å². The number of hydrogen-bond acceptors (Lipinski definition) is 1. The van der Waals surface area contributed by atoms with Crippen LogP contribution in [0, 0.1) is 17.0 Å². The van der Waals surface area contributed by atoms with Gasteiger partial charge in [-0.25, -0.2) is 17.6 Å². The fourth-order valence-electron chi connectivity index (χ4n) is 1.51. The molecule has 0 aliphatic rings. The third-order valence-electron chi connectivity index (χ3n) is 2.57. The number of halogens is 4. The zero-order valence-electron chi connectivity index (χ0n) is 9.81. The molecule has 18 heavy (non-hydrogen) atoms. The second-order valence-corrected chi connectivity index (χ2v) is 4.69. The quantitative estimate of drug-likeness (QED) is 0.844. The van der Waals surface area contributed by atoms with E-state index in [1.54, 1.807) is 0 Å². The van der Waals surface area contributed by atoms with Crippen molar-refractivity contribution in [3.05, 3.63) is 35.4 Å². The molecule has 1 aromatic rings. The molecule has 0 fully saturated rings. The predicted octanol–water partition coefficient (Wildman–Crippen LogP) is 3.56. The third kappa shape index (κ3) is 3.00. The van der Waals surface area contributed by atoms with E-state index in [1.807, 2.05) is 0 Å². The van der Waals surface area contributed by atoms with Gasteiger partial charge in [0.05, 0.1) is 11.0 Å². The van der Waals surface area contributed by atoms with Gasteiger partial charge in [0, 0.05) is 12.5 Å². The molecule has 2 nitrogen and oxygen atoms in total. The molecule has 0 radical (unpaired) electrons. The minimum atomic E-state index is -3.68. The molecule has 0 aliphatic heterocycles. The first kappa shape index (κ1) is 14.5. The van der Waals surface area contributed by atoms with Crippen molar-refractivity contribution in [2.24, 2.45) is 5.41 Å². The molecule has 0 saturated heterocycles. The molecule has 0 bridgehead atoms. The summed E-state index contributed by atoms with van der Waals surface area (Å²) in [5.41, 5.74) is -2.72. The molecule has 0 heterocycles. The largest absolute Gasteiger partial charge is 0.481 e. The van der Waals surface area contributed by atoms with Crippen LogP contribution >= 0.6 is 0 Å². The normalized spacial score (nSPS) is 12.6. The predicted molar refractivity (Wildman–Crippen MR) is 56.3 cm³/mol. The van der Waals surface area contributed by atoms with E-state index in [-0.39, 0.29) is 0 Å². The number of aliphatic carboxylic acids is 1. The zero-order chi connectivity index (χ0) is 14.1. The fourth-order valence-corrected chi connectivity index (χ4v) is 1.51. The molecule has 0 saturated carbocycles. The number of benzene rings is 1. The molecular formula is C12H12F4O2. The van der Waals surface area contributed by atoms with E-state index in [0.717, 1.165) is 13.8 Å². The van der Waals surface area contributed by atoms with Crippen molar-refractivity contribution in [1.82, 2.24) is 0 Å². The van der Waals surface area contributed by atoms with Crippen LogP contribution in [0.25, 0.3) is 0 Å². The Hall–Kier alpha value is -1.59. The molecular weight excluding hydrogens is 252 g/mol. The van der Waals surface area contributed by atoms with Gasteiger partial charge in [-0.2, -0.15) is 0 Å². The van der Waals surface area contributed by atoms with E-state index in [4.69, 9.17) is 5.11 Å². The summed E-state index contributed by atoms with van der Waals surface area (Å²) in [5.74, 6) is -7.45. The first-order chi connectivity index (χ1) is 8.06. The number of hydrogen-bond donors (Lipinski definition) is 1. The third-order valence-corrected chi connectivity index (χ3v) is 2.57. The van der Waals surface area contributed by atoms with Crippen molar-refractivity contribution in [3.8, 4) is 0 Å². The number of rotatable bonds is 4. The SMILES string of the molecule is CC(C)(CC(F)(F)c1ccc(F)cc1F)C(=O)O. The highest BCUT2D eigenvalue weighted by atomic mass is 19.3. The van der Waals surface area contributed by atoms with Crippen LogP contribution in [0.2, 0.25) is 0 Å². The first-order valence-electron chi connectivity index (χ1n) is 5.13. The van der Waals surface area contributed by atoms with Gasteiger partial charge in [0.25, 0.3) is 5.92 Å². The standard InChI is InChI=1S/C12H12F4O2/c1-11(2,10(17)18)6-12(15,16)8-4-3-7(13)5-9(8)14/h3-5H,6H2,1-2H3,(H,17,18). The number of carboxylic acid groups (broad SMARTS) is 1. The van der Waals surface area contributed by atoms with E-state index in [2.05, 4.69) is 0 Å². The molecule has 0 spiro atoms. The summed E-state index contributed by atoms with van der Waals surface area (Å²) in [6.45, 7) is 2.23. The highest BCUT2D eigenvalue weighted by Crippen LogP contribution is 2.40. The average molecular weight is 264 g/mol. The molecule has 0 unspecified atom stereocenters. The van der Waals surface area contributed by atoms with Crippen molar-refractivity contribution >= 4 is 5.97 Å². The lowest BCUT2D eigenvalue weighted by Crippen LogP contribution is -2.31. The fraction of sp³-hybridized carbons (Fsp3) is 0.417. The lowest BCUT2D eigenvalue weighted by atomic mass is 9.84. The summed E-state index contributed by atoms with van der Waals surface area (Å²) in [6, 6.07) is 1.68. The Morgan fingerprint density at radius 2 is 1.83 bits per heavy atom. The maximum atomic E-state index is 13.8. The summed E-state index contributed by atoms with van der Waals surface area (Å²) in [4.78, 5) is 10.8. The van der Waals surface area contributed by atoms with Gasteiger partial charge in [-0.05, 0) is 26.0 Å². The highest BCUT2D eigenvalue weighted by Gasteiger charge is 2.43. The molecule has 1 rings (SSSR count). The maximum absolute atomic E-state index is 13.8. The van der Waals surface area contributed by atoms with E-state index in [1.165, 1.54) is 0 Å². The van der Waals surface area contributed by atoms with E-state index in [9.17, 15) is 22.4 Å². The monoisotopic (exact) mass is 264 g/mol. The lowest BCUT2D eigenvalue weighted by molar-refractivity contribution is -0.153. The second kappa shape index (κ2) is 4.59. The van der Waals surface area contributed by atoms with Gasteiger partial charge in [-0.15, -0.1) is 0 Å². The average Bonchev–Trinajstić information content (AvgIpc) is 2.14. The topological polar surface area (TPSA) is 37.3 Å². The summed E-state index contributed by atoms with van der Waals surface area (Å²) in [5, 5.41) is 8.78. The summed E-state index contributed by atoms with van der Waals surface area (Å²) in [6.07, 6.45) is -1.07. The Labute approximate surface area is 101 Å². The molecule has 0 aromatic heterocycles. The van der Waals surface area contributed by atoms with Crippen molar-refractivity contribution in [1.29, 1.82) is 0 Å². The molecule has 1 aromatic carbocycles. The molecule has 6 heteroatoms. The first-order valence-corrected chi connectivity index (χ1v) is 5.13. The zero-order valence-corrected chi connectivity index (χ0v) is 9.81. The van der Waals surface area contributed by atoms with Crippen molar-refractivity contribution in [2.45, 2.75) is 26.2 Å². The number of alkyl halides is 2. The van der Waals surface area contributed by atoms with E-state index in [0.29, 0.717) is 18.2 Å². The van der Waals surface area contributed by atoms with Crippen LogP contribution in [0.5, 0.6) is 0 Å². The number of carbonyl (C=O) groups is 1. The van der Waals surface area contributed by atoms with Gasteiger partial charge < -0.3 is 5.11 Å². The highest BCUT2D eigenvalue weighted by molar-refractivity contribution is 5.73. The Morgan fingerprint density at radius 1 is 1.28 bits per heavy atom. The van der Waals surface area contributed by atoms with E-state index < -0.39 is 40.9 Å². The smallest absolute Gasteiger partial charge is 0.309 e. The van der Waals surface area contributed by atoms with Gasteiger partial charge in [0.1, 0.15) is 11.6 Å². The Bertz CT molecular complexity index is 469. The van der Waals surface area contributed by atoms with Gasteiger partial charge in [-0.1, -0.05) is 0 Å². The van der Waals surface area contributed by atoms with Gasteiger partial charge in [-0.3, -0.25) is 4.79 Å². The van der Waals surface area contributed by atoms with Crippen molar-refractivity contribution in [2.75, 3.05) is 0 Å². The van der Waals surface area contributed by atoms with Crippen LogP contribution in [-0.4, -0.2) is 11.1 Å². The Balaban J connectivity index is 3.10. The molecule has 1 N–H and O–H groups in total. The van der Waals surface area contributed by atoms with Gasteiger partial charge in [0.2, 0.25) is 0 Å².